The van der Waals surface area contributed by atoms with E-state index in [0.29, 0.717) is 40.8 Å². The number of aromatic nitrogens is 1. The zero-order valence-corrected chi connectivity index (χ0v) is 14.3. The summed E-state index contributed by atoms with van der Waals surface area (Å²) in [5, 5.41) is 9.98. The molecule has 1 aromatic heterocycles. The predicted molar refractivity (Wildman–Crippen MR) is 88.4 cm³/mol. The van der Waals surface area contributed by atoms with Crippen LogP contribution in [0.4, 0.5) is 0 Å². The Bertz CT molecular complexity index is 818. The summed E-state index contributed by atoms with van der Waals surface area (Å²) in [6.07, 6.45) is 1.09. The summed E-state index contributed by atoms with van der Waals surface area (Å²) in [4.78, 5) is 29.5. The Morgan fingerprint density at radius 3 is 2.75 bits per heavy atom. The molecular formula is C16H14Cl2N2O4. The Morgan fingerprint density at radius 2 is 2.08 bits per heavy atom. The Balaban J connectivity index is 1.92. The number of carbonyl (C=O) groups excluding carboxylic acids is 1. The van der Waals surface area contributed by atoms with E-state index >= 15 is 0 Å². The van der Waals surface area contributed by atoms with Gasteiger partial charge in [0.05, 0.1) is 10.0 Å². The van der Waals surface area contributed by atoms with Crippen molar-refractivity contribution < 1.29 is 19.1 Å². The van der Waals surface area contributed by atoms with Gasteiger partial charge in [0.1, 0.15) is 11.8 Å². The molecule has 2 heterocycles. The van der Waals surface area contributed by atoms with E-state index in [-0.39, 0.29) is 11.6 Å². The molecule has 1 N–H and O–H groups in total. The number of aryl methyl sites for hydroxylation is 1. The summed E-state index contributed by atoms with van der Waals surface area (Å²) in [6.45, 7) is 2.01. The minimum atomic E-state index is -1.01. The van der Waals surface area contributed by atoms with Crippen LogP contribution in [-0.4, -0.2) is 39.5 Å². The van der Waals surface area contributed by atoms with Gasteiger partial charge in [0.15, 0.2) is 5.69 Å². The zero-order valence-electron chi connectivity index (χ0n) is 12.8. The molecule has 1 aromatic carbocycles. The summed E-state index contributed by atoms with van der Waals surface area (Å²) < 4.78 is 5.56. The van der Waals surface area contributed by atoms with Gasteiger partial charge in [-0.2, -0.15) is 0 Å². The van der Waals surface area contributed by atoms with Crippen molar-refractivity contribution >= 4 is 35.1 Å². The highest BCUT2D eigenvalue weighted by molar-refractivity contribution is 6.42. The molecule has 1 atom stereocenters. The third-order valence-corrected chi connectivity index (χ3v) is 4.70. The van der Waals surface area contributed by atoms with Crippen molar-refractivity contribution in [2.75, 3.05) is 6.54 Å². The van der Waals surface area contributed by atoms with Gasteiger partial charge >= 0.3 is 5.97 Å². The number of carboxylic acids is 1. The highest BCUT2D eigenvalue weighted by Crippen LogP contribution is 2.30. The molecule has 3 rings (SSSR count). The number of aliphatic carboxylic acids is 1. The van der Waals surface area contributed by atoms with E-state index in [4.69, 9.17) is 27.6 Å². The first-order valence-corrected chi connectivity index (χ1v) is 8.10. The highest BCUT2D eigenvalue weighted by Gasteiger charge is 2.36. The van der Waals surface area contributed by atoms with Crippen molar-refractivity contribution in [3.8, 4) is 11.5 Å². The van der Waals surface area contributed by atoms with Crippen LogP contribution in [0.25, 0.3) is 11.5 Å². The number of benzene rings is 1. The van der Waals surface area contributed by atoms with E-state index in [2.05, 4.69) is 4.98 Å². The van der Waals surface area contributed by atoms with E-state index in [0.717, 1.165) is 0 Å². The van der Waals surface area contributed by atoms with Crippen LogP contribution in [-0.2, 0) is 4.79 Å². The van der Waals surface area contributed by atoms with Crippen molar-refractivity contribution in [3.63, 3.8) is 0 Å². The molecule has 6 nitrogen and oxygen atoms in total. The van der Waals surface area contributed by atoms with Crippen LogP contribution in [0, 0.1) is 6.92 Å². The Labute approximate surface area is 148 Å². The lowest BCUT2D eigenvalue weighted by Gasteiger charge is -2.20. The van der Waals surface area contributed by atoms with E-state index in [1.54, 1.807) is 25.1 Å². The first-order valence-electron chi connectivity index (χ1n) is 7.35. The second-order valence-corrected chi connectivity index (χ2v) is 6.36. The van der Waals surface area contributed by atoms with Crippen LogP contribution in [0.5, 0.6) is 0 Å². The molecule has 1 saturated heterocycles. The number of carboxylic acid groups (broad SMARTS) is 1. The van der Waals surface area contributed by atoms with Crippen LogP contribution >= 0.6 is 23.2 Å². The van der Waals surface area contributed by atoms with Gasteiger partial charge < -0.3 is 14.4 Å². The molecule has 1 aliphatic rings. The molecule has 0 aliphatic carbocycles. The predicted octanol–water partition coefficient (Wildman–Crippen LogP) is 3.65. The van der Waals surface area contributed by atoms with Gasteiger partial charge in [-0.15, -0.1) is 0 Å². The number of halogens is 2. The van der Waals surface area contributed by atoms with Gasteiger partial charge in [-0.25, -0.2) is 9.78 Å². The molecule has 1 unspecified atom stereocenters. The summed E-state index contributed by atoms with van der Waals surface area (Å²) in [7, 11) is 0. The normalized spacial score (nSPS) is 17.3. The van der Waals surface area contributed by atoms with Crippen molar-refractivity contribution in [1.82, 2.24) is 9.88 Å². The molecule has 1 amide bonds. The molecule has 8 heteroatoms. The number of likely N-dealkylation sites (tertiary alicyclic amines) is 1. The van der Waals surface area contributed by atoms with Gasteiger partial charge in [-0.1, -0.05) is 23.2 Å². The van der Waals surface area contributed by atoms with Crippen LogP contribution in [0.3, 0.4) is 0 Å². The van der Waals surface area contributed by atoms with Crippen molar-refractivity contribution in [2.24, 2.45) is 0 Å². The molecule has 0 bridgehead atoms. The molecule has 126 valence electrons. The number of hydrogen-bond donors (Lipinski definition) is 1. The molecular weight excluding hydrogens is 355 g/mol. The topological polar surface area (TPSA) is 83.6 Å². The summed E-state index contributed by atoms with van der Waals surface area (Å²) in [5.74, 6) is -0.878. The molecule has 1 aliphatic heterocycles. The van der Waals surface area contributed by atoms with Crippen molar-refractivity contribution in [2.45, 2.75) is 25.8 Å². The molecule has 0 spiro atoms. The monoisotopic (exact) mass is 368 g/mol. The molecule has 0 radical (unpaired) electrons. The van der Waals surface area contributed by atoms with Crippen LogP contribution in [0.15, 0.2) is 22.6 Å². The Morgan fingerprint density at radius 1 is 1.33 bits per heavy atom. The smallest absolute Gasteiger partial charge is 0.326 e. The fraction of sp³-hybridized carbons (Fsp3) is 0.312. The van der Waals surface area contributed by atoms with Crippen molar-refractivity contribution in [3.05, 3.63) is 39.7 Å². The van der Waals surface area contributed by atoms with E-state index in [9.17, 15) is 14.7 Å². The number of nitrogens with zero attached hydrogens (tertiary/aromatic N) is 2. The maximum atomic E-state index is 12.6. The number of carbonyl (C=O) groups is 2. The van der Waals surface area contributed by atoms with Gasteiger partial charge in [-0.3, -0.25) is 4.79 Å². The fourth-order valence-electron chi connectivity index (χ4n) is 2.75. The average Bonchev–Trinajstić information content (AvgIpc) is 3.16. The number of rotatable bonds is 3. The largest absolute Gasteiger partial charge is 0.480 e. The van der Waals surface area contributed by atoms with Crippen LogP contribution < -0.4 is 0 Å². The minimum absolute atomic E-state index is 0.115. The Hall–Kier alpha value is -2.05. The maximum Gasteiger partial charge on any atom is 0.326 e. The standard InChI is InChI=1S/C16H14Cl2N2O4/c1-8-13(15(21)20-6-2-3-12(20)16(22)23)19-14(24-8)9-4-5-10(17)11(18)7-9/h4-5,7,12H,2-3,6H2,1H3,(H,22,23). The number of hydrogen-bond acceptors (Lipinski definition) is 4. The van der Waals surface area contributed by atoms with Crippen LogP contribution in [0.1, 0.15) is 29.1 Å². The lowest BCUT2D eigenvalue weighted by molar-refractivity contribution is -0.141. The fourth-order valence-corrected chi connectivity index (χ4v) is 3.05. The zero-order chi connectivity index (χ0) is 17.4. The lowest BCUT2D eigenvalue weighted by atomic mass is 10.2. The molecule has 2 aromatic rings. The second-order valence-electron chi connectivity index (χ2n) is 5.55. The van der Waals surface area contributed by atoms with E-state index < -0.39 is 17.9 Å². The summed E-state index contributed by atoms with van der Waals surface area (Å²) >= 11 is 11.9. The second kappa shape index (κ2) is 6.45. The average molecular weight is 369 g/mol. The molecule has 24 heavy (non-hydrogen) atoms. The SMILES string of the molecule is Cc1oc(-c2ccc(Cl)c(Cl)c2)nc1C(=O)N1CCCC1C(=O)O. The van der Waals surface area contributed by atoms with E-state index in [1.165, 1.54) is 4.90 Å². The number of oxazole rings is 1. The highest BCUT2D eigenvalue weighted by atomic mass is 35.5. The minimum Gasteiger partial charge on any atom is -0.480 e. The quantitative estimate of drug-likeness (QED) is 0.893. The van der Waals surface area contributed by atoms with Gasteiger partial charge in [0.25, 0.3) is 5.91 Å². The maximum absolute atomic E-state index is 12.6. The first kappa shape index (κ1) is 16.8. The summed E-state index contributed by atoms with van der Waals surface area (Å²) in [6, 6.07) is 4.08. The molecule has 1 fully saturated rings. The van der Waals surface area contributed by atoms with Gasteiger partial charge in [-0.05, 0) is 38.0 Å². The van der Waals surface area contributed by atoms with Crippen molar-refractivity contribution in [1.29, 1.82) is 0 Å². The summed E-state index contributed by atoms with van der Waals surface area (Å²) in [5.41, 5.74) is 0.701. The number of amides is 1. The van der Waals surface area contributed by atoms with E-state index in [1.807, 2.05) is 0 Å². The van der Waals surface area contributed by atoms with Crippen LogP contribution in [0.2, 0.25) is 10.0 Å². The van der Waals surface area contributed by atoms with Gasteiger partial charge in [0.2, 0.25) is 5.89 Å². The lowest BCUT2D eigenvalue weighted by Crippen LogP contribution is -2.40. The third-order valence-electron chi connectivity index (χ3n) is 3.96. The Kier molecular flexibility index (Phi) is 4.51. The van der Waals surface area contributed by atoms with Gasteiger partial charge in [0, 0.05) is 12.1 Å². The third kappa shape index (κ3) is 2.99. The first-order chi connectivity index (χ1) is 11.4. The molecule has 0 saturated carbocycles.